The summed E-state index contributed by atoms with van der Waals surface area (Å²) in [6.45, 7) is 0. The van der Waals surface area contributed by atoms with Crippen LogP contribution in [-0.2, 0) is 11.2 Å². The number of nitrogens with one attached hydrogen (secondary N) is 1. The van der Waals surface area contributed by atoms with Gasteiger partial charge < -0.3 is 10.4 Å². The number of hydrogen-bond acceptors (Lipinski definition) is 2. The summed E-state index contributed by atoms with van der Waals surface area (Å²) in [5, 5.41) is 12.9. The zero-order chi connectivity index (χ0) is 19.3. The largest absolute Gasteiger partial charge is 0.480 e. The molecule has 0 saturated heterocycles. The molecule has 0 radical (unpaired) electrons. The smallest absolute Gasteiger partial charge is 0.326 e. The van der Waals surface area contributed by atoms with Crippen molar-refractivity contribution in [2.75, 3.05) is 0 Å². The summed E-state index contributed by atoms with van der Waals surface area (Å²) in [7, 11) is 0. The molecule has 5 aliphatic rings. The van der Waals surface area contributed by atoms with E-state index in [1.54, 1.807) is 0 Å². The van der Waals surface area contributed by atoms with Gasteiger partial charge in [-0.3, -0.25) is 4.79 Å². The minimum absolute atomic E-state index is 0.236. The molecule has 4 heteroatoms. The van der Waals surface area contributed by atoms with Crippen LogP contribution in [0, 0.1) is 29.1 Å². The average Bonchev–Trinajstić information content (AvgIpc) is 2.61. The topological polar surface area (TPSA) is 66.4 Å². The third-order valence-electron chi connectivity index (χ3n) is 8.19. The van der Waals surface area contributed by atoms with Crippen molar-refractivity contribution in [2.24, 2.45) is 29.1 Å². The van der Waals surface area contributed by atoms with Gasteiger partial charge in [-0.15, -0.1) is 0 Å². The molecule has 1 atom stereocenters. The van der Waals surface area contributed by atoms with Gasteiger partial charge in [-0.1, -0.05) is 31.4 Å². The first-order valence-electron chi connectivity index (χ1n) is 11.1. The second-order valence-corrected chi connectivity index (χ2v) is 10.2. The highest BCUT2D eigenvalue weighted by Gasteiger charge is 2.56. The highest BCUT2D eigenvalue weighted by molar-refractivity contribution is 5.96. The molecule has 1 unspecified atom stereocenters. The van der Waals surface area contributed by atoms with Gasteiger partial charge in [0.25, 0.3) is 5.91 Å². The first-order valence-corrected chi connectivity index (χ1v) is 11.1. The number of aliphatic carboxylic acids is 1. The molecule has 2 N–H and O–H groups in total. The van der Waals surface area contributed by atoms with Crippen LogP contribution in [0.2, 0.25) is 0 Å². The Hall–Kier alpha value is -1.84. The van der Waals surface area contributed by atoms with Crippen LogP contribution in [0.3, 0.4) is 0 Å². The molecular formula is C24H31NO3. The van der Waals surface area contributed by atoms with E-state index in [0.717, 1.165) is 31.6 Å². The average molecular weight is 382 g/mol. The Balaban J connectivity index is 1.30. The van der Waals surface area contributed by atoms with Crippen molar-refractivity contribution in [1.29, 1.82) is 0 Å². The maximum Gasteiger partial charge on any atom is 0.326 e. The van der Waals surface area contributed by atoms with E-state index in [0.29, 0.717) is 23.3 Å². The lowest BCUT2D eigenvalue weighted by molar-refractivity contribution is -0.150. The molecule has 0 spiro atoms. The Kier molecular flexibility index (Phi) is 4.48. The molecular weight excluding hydrogens is 350 g/mol. The first-order chi connectivity index (χ1) is 13.5. The van der Waals surface area contributed by atoms with Crippen molar-refractivity contribution in [3.8, 4) is 0 Å². The molecule has 1 aromatic carbocycles. The SMILES string of the molecule is O=C(NC(C(=O)O)C12CC3CC(CC(C3)C1)C2)c1ccc(CC2CCC2)cc1. The molecule has 5 saturated carbocycles. The van der Waals surface area contributed by atoms with E-state index >= 15 is 0 Å². The predicted molar refractivity (Wildman–Crippen MR) is 107 cm³/mol. The van der Waals surface area contributed by atoms with E-state index in [4.69, 9.17) is 0 Å². The summed E-state index contributed by atoms with van der Waals surface area (Å²) in [5.41, 5.74) is 1.62. The van der Waals surface area contributed by atoms with Crippen molar-refractivity contribution in [2.45, 2.75) is 70.3 Å². The standard InChI is InChI=1S/C24H31NO3/c26-22(20-6-4-16(5-7-20)8-15-2-1-3-15)25-21(23(27)28)24-12-17-9-18(13-24)11-19(10-17)14-24/h4-7,15,17-19,21H,1-3,8-14H2,(H,25,26)(H,27,28). The fraction of sp³-hybridized carbons (Fsp3) is 0.667. The second-order valence-electron chi connectivity index (χ2n) is 10.2. The summed E-state index contributed by atoms with van der Waals surface area (Å²) >= 11 is 0. The van der Waals surface area contributed by atoms with Crippen molar-refractivity contribution in [1.82, 2.24) is 5.32 Å². The number of carboxylic acids is 1. The van der Waals surface area contributed by atoms with Crippen LogP contribution in [-0.4, -0.2) is 23.0 Å². The van der Waals surface area contributed by atoms with Gasteiger partial charge in [-0.25, -0.2) is 4.79 Å². The van der Waals surface area contributed by atoms with Crippen LogP contribution in [0.25, 0.3) is 0 Å². The predicted octanol–water partition coefficient (Wildman–Crippen LogP) is 4.43. The highest BCUT2D eigenvalue weighted by Crippen LogP contribution is 2.61. The lowest BCUT2D eigenvalue weighted by Crippen LogP contribution is -2.59. The number of carbonyl (C=O) groups excluding carboxylic acids is 1. The van der Waals surface area contributed by atoms with Gasteiger partial charge in [0.05, 0.1) is 0 Å². The van der Waals surface area contributed by atoms with E-state index in [1.165, 1.54) is 44.1 Å². The normalized spacial score (nSPS) is 34.6. The summed E-state index contributed by atoms with van der Waals surface area (Å²) in [5.74, 6) is 1.68. The maximum atomic E-state index is 12.9. The van der Waals surface area contributed by atoms with Crippen LogP contribution in [0.4, 0.5) is 0 Å². The van der Waals surface area contributed by atoms with E-state index in [9.17, 15) is 14.7 Å². The highest BCUT2D eigenvalue weighted by atomic mass is 16.4. The van der Waals surface area contributed by atoms with E-state index in [2.05, 4.69) is 5.32 Å². The van der Waals surface area contributed by atoms with Gasteiger partial charge in [0.15, 0.2) is 0 Å². The summed E-state index contributed by atoms with van der Waals surface area (Å²) < 4.78 is 0. The van der Waals surface area contributed by atoms with Crippen LogP contribution >= 0.6 is 0 Å². The van der Waals surface area contributed by atoms with E-state index < -0.39 is 12.0 Å². The van der Waals surface area contributed by atoms with Gasteiger partial charge in [0.1, 0.15) is 6.04 Å². The molecule has 4 bridgehead atoms. The summed E-state index contributed by atoms with van der Waals surface area (Å²) in [6.07, 6.45) is 11.8. The van der Waals surface area contributed by atoms with Crippen LogP contribution < -0.4 is 5.32 Å². The summed E-state index contributed by atoms with van der Waals surface area (Å²) in [6, 6.07) is 7.04. The third kappa shape index (κ3) is 3.25. The fourth-order valence-corrected chi connectivity index (χ4v) is 7.04. The molecule has 4 nitrogen and oxygen atoms in total. The van der Waals surface area contributed by atoms with Crippen LogP contribution in [0.15, 0.2) is 24.3 Å². The molecule has 1 amide bonds. The van der Waals surface area contributed by atoms with Crippen LogP contribution in [0.1, 0.15) is 73.7 Å². The van der Waals surface area contributed by atoms with Gasteiger partial charge in [-0.05, 0) is 86.3 Å². The van der Waals surface area contributed by atoms with Crippen LogP contribution in [0.5, 0.6) is 0 Å². The van der Waals surface area contributed by atoms with Gasteiger partial charge in [-0.2, -0.15) is 0 Å². The fourth-order valence-electron chi connectivity index (χ4n) is 7.04. The van der Waals surface area contributed by atoms with Gasteiger partial charge in [0, 0.05) is 11.0 Å². The molecule has 150 valence electrons. The molecule has 0 heterocycles. The van der Waals surface area contributed by atoms with Crippen molar-refractivity contribution in [3.05, 3.63) is 35.4 Å². The van der Waals surface area contributed by atoms with Crippen molar-refractivity contribution >= 4 is 11.9 Å². The molecule has 0 aliphatic heterocycles. The molecule has 0 aromatic heterocycles. The van der Waals surface area contributed by atoms with E-state index in [1.807, 2.05) is 24.3 Å². The molecule has 5 fully saturated rings. The third-order valence-corrected chi connectivity index (χ3v) is 8.19. The Morgan fingerprint density at radius 3 is 2.04 bits per heavy atom. The van der Waals surface area contributed by atoms with Crippen molar-refractivity contribution in [3.63, 3.8) is 0 Å². The monoisotopic (exact) mass is 381 g/mol. The number of carboxylic acid groups (broad SMARTS) is 1. The lowest BCUT2D eigenvalue weighted by atomic mass is 9.47. The quantitative estimate of drug-likeness (QED) is 0.766. The minimum atomic E-state index is -0.864. The number of hydrogen-bond donors (Lipinski definition) is 2. The maximum absolute atomic E-state index is 12.9. The Labute approximate surface area is 167 Å². The second kappa shape index (κ2) is 6.89. The Morgan fingerprint density at radius 2 is 1.57 bits per heavy atom. The number of carbonyl (C=O) groups is 2. The molecule has 28 heavy (non-hydrogen) atoms. The number of rotatable bonds is 6. The lowest BCUT2D eigenvalue weighted by Gasteiger charge is -2.58. The summed E-state index contributed by atoms with van der Waals surface area (Å²) in [4.78, 5) is 25.1. The number of benzene rings is 1. The Morgan fingerprint density at radius 1 is 1.00 bits per heavy atom. The first kappa shape index (κ1) is 18.2. The molecule has 1 aromatic rings. The molecule has 5 aliphatic carbocycles. The number of amides is 1. The zero-order valence-corrected chi connectivity index (χ0v) is 16.5. The van der Waals surface area contributed by atoms with Gasteiger partial charge >= 0.3 is 5.97 Å². The molecule has 6 rings (SSSR count). The zero-order valence-electron chi connectivity index (χ0n) is 16.5. The Bertz CT molecular complexity index is 729. The van der Waals surface area contributed by atoms with Gasteiger partial charge in [0.2, 0.25) is 0 Å². The van der Waals surface area contributed by atoms with Crippen molar-refractivity contribution < 1.29 is 14.7 Å². The van der Waals surface area contributed by atoms with E-state index in [-0.39, 0.29) is 11.3 Å². The minimum Gasteiger partial charge on any atom is -0.480 e.